The van der Waals surface area contributed by atoms with Crippen molar-refractivity contribution >= 4 is 35.5 Å². The van der Waals surface area contributed by atoms with Crippen LogP contribution in [0.4, 0.5) is 0 Å². The van der Waals surface area contributed by atoms with E-state index in [2.05, 4.69) is 69.4 Å². The van der Waals surface area contributed by atoms with Crippen LogP contribution in [0, 0.1) is 72.5 Å². The fourth-order valence-corrected chi connectivity index (χ4v) is 14.4. The number of esters is 3. The molecular formula is C88H113ClO13. The maximum absolute atomic E-state index is 12.6. The molecular weight excluding hydrogens is 1300 g/mol. The summed E-state index contributed by atoms with van der Waals surface area (Å²) in [5.74, 6) is 15.5. The van der Waals surface area contributed by atoms with Crippen molar-refractivity contribution in [2.45, 2.75) is 218 Å². The lowest BCUT2D eigenvalue weighted by Gasteiger charge is -2.30. The number of halogens is 1. The van der Waals surface area contributed by atoms with Gasteiger partial charge in [-0.05, 0) is 169 Å². The SMILES string of the molecule is C#CC(CC1CCC(CCC)CC1)c1ccc(O)cc1.C#CC(CC1CCC(CCC)CC1)c1ccc(OC(=O)c2ccc(OCCCOC(=O)C=C)cc2)cc1.C#CC(CC1CCC(CCC)CC1)c1ccc(OC2CCCCO2)cc1.O=C(CCCl)OCCCOc1ccc(C(=O)O)cc1. The summed E-state index contributed by atoms with van der Waals surface area (Å²) in [5, 5.41) is 18.1. The summed E-state index contributed by atoms with van der Waals surface area (Å²) in [6.45, 7) is 12.3. The van der Waals surface area contributed by atoms with Gasteiger partial charge in [-0.15, -0.1) is 30.9 Å². The van der Waals surface area contributed by atoms with Crippen molar-refractivity contribution in [3.05, 3.63) is 162 Å². The Bertz CT molecular complexity index is 3310. The summed E-state index contributed by atoms with van der Waals surface area (Å²) in [6.07, 6.45) is 50.6. The molecule has 4 aliphatic rings. The molecule has 2 N–H and O–H groups in total. The zero-order valence-electron chi connectivity index (χ0n) is 60.9. The first-order valence-corrected chi connectivity index (χ1v) is 38.3. The summed E-state index contributed by atoms with van der Waals surface area (Å²) in [4.78, 5) is 45.2. The first kappa shape index (κ1) is 82.8. The number of rotatable bonds is 33. The zero-order valence-corrected chi connectivity index (χ0v) is 61.7. The van der Waals surface area contributed by atoms with Gasteiger partial charge in [-0.3, -0.25) is 4.79 Å². The van der Waals surface area contributed by atoms with E-state index in [1.807, 2.05) is 36.4 Å². The van der Waals surface area contributed by atoms with Gasteiger partial charge in [0.1, 0.15) is 28.7 Å². The molecule has 4 atom stereocenters. The summed E-state index contributed by atoms with van der Waals surface area (Å²) in [7, 11) is 0. The van der Waals surface area contributed by atoms with Gasteiger partial charge in [-0.2, -0.15) is 0 Å². The van der Waals surface area contributed by atoms with E-state index in [-0.39, 0.29) is 61.1 Å². The van der Waals surface area contributed by atoms with E-state index in [9.17, 15) is 24.3 Å². The first-order chi connectivity index (χ1) is 49.6. The van der Waals surface area contributed by atoms with Crippen molar-refractivity contribution in [3.8, 4) is 65.8 Å². The van der Waals surface area contributed by atoms with E-state index >= 15 is 0 Å². The van der Waals surface area contributed by atoms with Crippen LogP contribution < -0.4 is 18.9 Å². The normalized spacial score (nSPS) is 20.0. The maximum Gasteiger partial charge on any atom is 0.343 e. The zero-order chi connectivity index (χ0) is 73.1. The fourth-order valence-electron chi connectivity index (χ4n) is 14.2. The van der Waals surface area contributed by atoms with Crippen molar-refractivity contribution < 1.29 is 62.5 Å². The largest absolute Gasteiger partial charge is 0.508 e. The molecule has 1 aliphatic heterocycles. The Morgan fingerprint density at radius 3 is 1.29 bits per heavy atom. The Morgan fingerprint density at radius 1 is 0.520 bits per heavy atom. The van der Waals surface area contributed by atoms with Crippen LogP contribution in [0.3, 0.4) is 0 Å². The predicted octanol–water partition coefficient (Wildman–Crippen LogP) is 20.9. The Labute approximate surface area is 614 Å². The van der Waals surface area contributed by atoms with Crippen molar-refractivity contribution in [1.82, 2.24) is 0 Å². The predicted molar refractivity (Wildman–Crippen MR) is 407 cm³/mol. The molecule has 1 saturated heterocycles. The lowest BCUT2D eigenvalue weighted by molar-refractivity contribution is -0.143. The number of phenolic OH excluding ortho intramolecular Hbond substituents is 1. The number of hydrogen-bond acceptors (Lipinski definition) is 12. The van der Waals surface area contributed by atoms with E-state index in [0.717, 1.165) is 85.7 Å². The first-order valence-electron chi connectivity index (χ1n) is 37.7. The molecule has 4 unspecified atom stereocenters. The molecule has 5 aromatic rings. The van der Waals surface area contributed by atoms with Gasteiger partial charge >= 0.3 is 23.9 Å². The number of carbonyl (C=O) groups excluding carboxylic acids is 3. The second-order valence-electron chi connectivity index (χ2n) is 27.7. The highest BCUT2D eigenvalue weighted by molar-refractivity contribution is 6.18. The molecule has 0 spiro atoms. The van der Waals surface area contributed by atoms with Crippen LogP contribution in [0.15, 0.2) is 134 Å². The smallest absolute Gasteiger partial charge is 0.343 e. The third-order valence-corrected chi connectivity index (χ3v) is 20.2. The highest BCUT2D eigenvalue weighted by atomic mass is 35.5. The van der Waals surface area contributed by atoms with Gasteiger partial charge in [0.15, 0.2) is 6.29 Å². The molecule has 0 radical (unpaired) electrons. The maximum atomic E-state index is 12.6. The number of carboxylic acids is 1. The van der Waals surface area contributed by atoms with Gasteiger partial charge in [0.25, 0.3) is 0 Å². The van der Waals surface area contributed by atoms with Crippen LogP contribution in [0.25, 0.3) is 0 Å². The van der Waals surface area contributed by atoms with Crippen molar-refractivity contribution in [2.24, 2.45) is 35.5 Å². The Balaban J connectivity index is 0.000000222. The number of aromatic carboxylic acids is 1. The van der Waals surface area contributed by atoms with Gasteiger partial charge in [-0.1, -0.05) is 197 Å². The van der Waals surface area contributed by atoms with Gasteiger partial charge in [0.05, 0.1) is 50.6 Å². The second-order valence-corrected chi connectivity index (χ2v) is 28.1. The minimum absolute atomic E-state index is 0.0825. The van der Waals surface area contributed by atoms with Crippen LogP contribution in [0.5, 0.6) is 28.7 Å². The van der Waals surface area contributed by atoms with Gasteiger partial charge in [0, 0.05) is 49.0 Å². The highest BCUT2D eigenvalue weighted by Crippen LogP contribution is 2.40. The van der Waals surface area contributed by atoms with E-state index in [0.29, 0.717) is 60.5 Å². The average molecular weight is 1410 g/mol. The Morgan fingerprint density at radius 2 is 0.912 bits per heavy atom. The number of terminal acetylenes is 3. The number of aromatic hydroxyl groups is 1. The molecule has 102 heavy (non-hydrogen) atoms. The Hall–Kier alpha value is -8.15. The van der Waals surface area contributed by atoms with Gasteiger partial charge in [-0.25, -0.2) is 14.4 Å². The minimum Gasteiger partial charge on any atom is -0.508 e. The molecule has 1 heterocycles. The third kappa shape index (κ3) is 31.2. The van der Waals surface area contributed by atoms with E-state index in [1.54, 1.807) is 48.5 Å². The Kier molecular flexibility index (Phi) is 38.9. The molecule has 550 valence electrons. The molecule has 5 aromatic carbocycles. The monoisotopic (exact) mass is 1410 g/mol. The van der Waals surface area contributed by atoms with Crippen LogP contribution in [-0.4, -0.2) is 79.3 Å². The van der Waals surface area contributed by atoms with Crippen molar-refractivity contribution in [3.63, 3.8) is 0 Å². The summed E-state index contributed by atoms with van der Waals surface area (Å²) >= 11 is 5.38. The molecule has 9 rings (SSSR count). The van der Waals surface area contributed by atoms with Crippen LogP contribution in [-0.2, 0) is 23.8 Å². The molecule has 14 heteroatoms. The lowest BCUT2D eigenvalue weighted by atomic mass is 9.76. The second kappa shape index (κ2) is 47.9. The van der Waals surface area contributed by atoms with Crippen molar-refractivity contribution in [2.75, 3.05) is 38.9 Å². The quantitative estimate of drug-likeness (QED) is 0.0102. The third-order valence-electron chi connectivity index (χ3n) is 20.1. The van der Waals surface area contributed by atoms with E-state index < -0.39 is 17.9 Å². The number of carboxylic acid groups (broad SMARTS) is 1. The lowest BCUT2D eigenvalue weighted by Crippen LogP contribution is -2.24. The number of ether oxygens (including phenoxy) is 7. The summed E-state index contributed by atoms with van der Waals surface area (Å²) in [5.41, 5.74) is 4.15. The number of carbonyl (C=O) groups is 4. The number of phenols is 1. The summed E-state index contributed by atoms with van der Waals surface area (Å²) in [6, 6.07) is 36.2. The molecule has 4 fully saturated rings. The fraction of sp³-hybridized carbons (Fsp3) is 0.523. The van der Waals surface area contributed by atoms with Crippen LogP contribution >= 0.6 is 11.6 Å². The number of hydrogen-bond donors (Lipinski definition) is 2. The molecule has 3 saturated carbocycles. The van der Waals surface area contributed by atoms with E-state index in [4.69, 9.17) is 69.1 Å². The molecule has 0 aromatic heterocycles. The average Bonchev–Trinajstić information content (AvgIpc) is 0.867. The molecule has 0 amide bonds. The summed E-state index contributed by atoms with van der Waals surface area (Å²) < 4.78 is 37.9. The van der Waals surface area contributed by atoms with Gasteiger partial charge in [0.2, 0.25) is 0 Å². The highest BCUT2D eigenvalue weighted by Gasteiger charge is 2.27. The van der Waals surface area contributed by atoms with Crippen molar-refractivity contribution in [1.29, 1.82) is 0 Å². The number of benzene rings is 5. The molecule has 0 bridgehead atoms. The standard InChI is InChI=1S/C32H38O5.C24H34O2.C19H26O.C13H15ClO5/c1-4-8-24-9-11-25(12-10-24)23-26(5-2)27-13-19-30(20-14-27)37-32(34)28-15-17-29(18-16-28)35-21-7-22-36-31(33)6-3;1-3-7-19-9-11-20(12-10-19)18-21(4-2)22-13-15-23(16-14-22)26-24-8-5-6-17-25-24;1-3-5-15-6-8-16(9-7-15)14-17(4-2)18-10-12-19(20)13-11-18;14-7-6-12(15)19-9-1-8-18-11-4-2-10(3-5-11)13(16)17/h2,6,13-20,24-26H,3-4,7-12,21-23H2,1H3;2,13-16,19-21,24H,3,5-12,17-18H2,1H3;2,10-13,15-17,20H,3,5-9,14H2,1H3;2-5H,1,6-9H2,(H,16,17). The van der Waals surface area contributed by atoms with E-state index in [1.165, 1.54) is 145 Å². The van der Waals surface area contributed by atoms with Crippen LogP contribution in [0.1, 0.15) is 249 Å². The molecule has 13 nitrogen and oxygen atoms in total. The number of alkyl halides is 1. The van der Waals surface area contributed by atoms with Gasteiger partial charge < -0.3 is 43.4 Å². The minimum atomic E-state index is -0.974. The topological polar surface area (TPSA) is 173 Å². The molecule has 3 aliphatic carbocycles. The van der Waals surface area contributed by atoms with Crippen LogP contribution in [0.2, 0.25) is 0 Å².